The molecule has 144 valence electrons. The summed E-state index contributed by atoms with van der Waals surface area (Å²) in [5.41, 5.74) is 6.29. The smallest absolute Gasteiger partial charge is 0.115 e. The molecule has 1 aromatic heterocycles. The Balaban J connectivity index is 1.58. The number of aromatic nitrogens is 2. The fourth-order valence-corrected chi connectivity index (χ4v) is 3.61. The summed E-state index contributed by atoms with van der Waals surface area (Å²) in [5.74, 6) is 0. The zero-order valence-corrected chi connectivity index (χ0v) is 17.1. The molecule has 29 heavy (non-hydrogen) atoms. The summed E-state index contributed by atoms with van der Waals surface area (Å²) in [5, 5.41) is 1.23. The molecule has 4 rings (SSSR count). The van der Waals surface area contributed by atoms with Gasteiger partial charge in [-0.2, -0.15) is 0 Å². The molecular formula is C24H18Cl2N2O. The van der Waals surface area contributed by atoms with Crippen molar-refractivity contribution in [2.24, 2.45) is 0 Å². The van der Waals surface area contributed by atoms with Gasteiger partial charge in [-0.1, -0.05) is 71.7 Å². The topological polar surface area (TPSA) is 35.0 Å². The highest BCUT2D eigenvalue weighted by molar-refractivity contribution is 6.35. The molecule has 0 bridgehead atoms. The summed E-state index contributed by atoms with van der Waals surface area (Å²) < 4.78 is 5.90. The largest absolute Gasteiger partial charge is 0.372 e. The van der Waals surface area contributed by atoms with E-state index in [2.05, 4.69) is 40.3 Å². The normalized spacial score (nSPS) is 10.8. The van der Waals surface area contributed by atoms with Crippen molar-refractivity contribution in [3.05, 3.63) is 107 Å². The van der Waals surface area contributed by atoms with E-state index in [1.807, 2.05) is 42.7 Å². The average Bonchev–Trinajstić information content (AvgIpc) is 2.76. The van der Waals surface area contributed by atoms with Crippen LogP contribution in [-0.4, -0.2) is 9.97 Å². The molecule has 0 aliphatic carbocycles. The van der Waals surface area contributed by atoms with Gasteiger partial charge in [0.2, 0.25) is 0 Å². The van der Waals surface area contributed by atoms with Gasteiger partial charge in [-0.15, -0.1) is 0 Å². The Bertz CT molecular complexity index is 1100. The van der Waals surface area contributed by atoms with Crippen molar-refractivity contribution in [3.8, 4) is 22.3 Å². The summed E-state index contributed by atoms with van der Waals surface area (Å²) >= 11 is 12.2. The highest BCUT2D eigenvalue weighted by atomic mass is 35.5. The Hall–Kier alpha value is -2.72. The number of halogens is 2. The van der Waals surface area contributed by atoms with Crippen molar-refractivity contribution < 1.29 is 4.74 Å². The van der Waals surface area contributed by atoms with Crippen LogP contribution in [0.5, 0.6) is 0 Å². The minimum Gasteiger partial charge on any atom is -0.372 e. The molecule has 0 saturated carbocycles. The van der Waals surface area contributed by atoms with E-state index in [4.69, 9.17) is 27.9 Å². The van der Waals surface area contributed by atoms with E-state index >= 15 is 0 Å². The molecule has 3 aromatic carbocycles. The van der Waals surface area contributed by atoms with Crippen LogP contribution in [0.25, 0.3) is 22.3 Å². The van der Waals surface area contributed by atoms with E-state index in [1.165, 1.54) is 6.33 Å². The fraction of sp³-hybridized carbons (Fsp3) is 0.0833. The Morgan fingerprint density at radius 1 is 0.724 bits per heavy atom. The van der Waals surface area contributed by atoms with Crippen LogP contribution in [0.4, 0.5) is 0 Å². The van der Waals surface area contributed by atoms with E-state index in [0.29, 0.717) is 23.3 Å². The van der Waals surface area contributed by atoms with E-state index in [9.17, 15) is 0 Å². The minimum absolute atomic E-state index is 0.417. The first-order valence-corrected chi connectivity index (χ1v) is 9.92. The van der Waals surface area contributed by atoms with Crippen LogP contribution in [0.15, 0.2) is 85.5 Å². The number of nitrogens with zero attached hydrogens (tertiary/aromatic N) is 2. The number of hydrogen-bond donors (Lipinski definition) is 0. The zero-order valence-electron chi connectivity index (χ0n) is 15.6. The molecule has 1 heterocycles. The average molecular weight is 421 g/mol. The van der Waals surface area contributed by atoms with Gasteiger partial charge in [0, 0.05) is 28.0 Å². The van der Waals surface area contributed by atoms with Crippen LogP contribution in [0, 0.1) is 0 Å². The molecule has 0 saturated heterocycles. The lowest BCUT2D eigenvalue weighted by Crippen LogP contribution is -1.96. The maximum atomic E-state index is 6.23. The lowest BCUT2D eigenvalue weighted by atomic mass is 9.94. The third-order valence-corrected chi connectivity index (χ3v) is 5.17. The standard InChI is InChI=1S/C24H18Cl2N2O/c25-21-8-7-19(24(26)11-21)15-29-14-17-6-9-22(18-4-2-1-3-5-18)23(10-17)20-12-27-16-28-13-20/h1-13,16H,14-15H2. The SMILES string of the molecule is Clc1ccc(COCc2ccc(-c3ccccc3)c(-c3cncnc3)c2)c(Cl)c1. The predicted octanol–water partition coefficient (Wildman–Crippen LogP) is 6.83. The minimum atomic E-state index is 0.417. The molecule has 0 aliphatic heterocycles. The van der Waals surface area contributed by atoms with Crippen LogP contribution in [0.2, 0.25) is 10.0 Å². The molecular weight excluding hydrogens is 403 g/mol. The second-order valence-corrected chi connectivity index (χ2v) is 7.45. The quantitative estimate of drug-likeness (QED) is 0.342. The van der Waals surface area contributed by atoms with Gasteiger partial charge in [-0.25, -0.2) is 9.97 Å². The van der Waals surface area contributed by atoms with Crippen LogP contribution in [-0.2, 0) is 18.0 Å². The van der Waals surface area contributed by atoms with Gasteiger partial charge >= 0.3 is 0 Å². The number of benzene rings is 3. The lowest BCUT2D eigenvalue weighted by molar-refractivity contribution is 0.107. The monoisotopic (exact) mass is 420 g/mol. The highest BCUT2D eigenvalue weighted by Gasteiger charge is 2.10. The first-order chi connectivity index (χ1) is 14.2. The van der Waals surface area contributed by atoms with Gasteiger partial charge in [0.15, 0.2) is 0 Å². The summed E-state index contributed by atoms with van der Waals surface area (Å²) in [4.78, 5) is 8.35. The molecule has 0 fully saturated rings. The lowest BCUT2D eigenvalue weighted by Gasteiger charge is -2.13. The summed E-state index contributed by atoms with van der Waals surface area (Å²) in [6, 6.07) is 22.0. The van der Waals surface area contributed by atoms with Gasteiger partial charge in [0.05, 0.1) is 13.2 Å². The molecule has 0 N–H and O–H groups in total. The van der Waals surface area contributed by atoms with Crippen molar-refractivity contribution in [2.45, 2.75) is 13.2 Å². The maximum absolute atomic E-state index is 6.23. The molecule has 0 aliphatic rings. The summed E-state index contributed by atoms with van der Waals surface area (Å²) in [6.07, 6.45) is 5.19. The summed E-state index contributed by atoms with van der Waals surface area (Å²) in [6.45, 7) is 0.884. The first-order valence-electron chi connectivity index (χ1n) is 9.16. The van der Waals surface area contributed by atoms with Crippen molar-refractivity contribution >= 4 is 23.2 Å². The Labute approximate surface area is 179 Å². The Morgan fingerprint density at radius 3 is 2.28 bits per heavy atom. The van der Waals surface area contributed by atoms with Crippen molar-refractivity contribution in [1.29, 1.82) is 0 Å². The zero-order chi connectivity index (χ0) is 20.1. The predicted molar refractivity (Wildman–Crippen MR) is 118 cm³/mol. The number of rotatable bonds is 6. The Morgan fingerprint density at radius 2 is 1.52 bits per heavy atom. The third-order valence-electron chi connectivity index (χ3n) is 4.58. The molecule has 0 radical (unpaired) electrons. The van der Waals surface area contributed by atoms with Gasteiger partial charge in [0.25, 0.3) is 0 Å². The van der Waals surface area contributed by atoms with E-state index in [0.717, 1.165) is 33.4 Å². The molecule has 0 unspecified atom stereocenters. The van der Waals surface area contributed by atoms with Gasteiger partial charge in [-0.05, 0) is 46.0 Å². The first kappa shape index (κ1) is 19.6. The summed E-state index contributed by atoms with van der Waals surface area (Å²) in [7, 11) is 0. The third kappa shape index (κ3) is 4.83. The van der Waals surface area contributed by atoms with Gasteiger partial charge < -0.3 is 4.74 Å². The molecule has 3 nitrogen and oxygen atoms in total. The van der Waals surface area contributed by atoms with Gasteiger partial charge in [-0.3, -0.25) is 0 Å². The Kier molecular flexibility index (Phi) is 6.20. The van der Waals surface area contributed by atoms with Crippen LogP contribution in [0.1, 0.15) is 11.1 Å². The van der Waals surface area contributed by atoms with E-state index in [-0.39, 0.29) is 0 Å². The van der Waals surface area contributed by atoms with Crippen LogP contribution < -0.4 is 0 Å². The van der Waals surface area contributed by atoms with Crippen LogP contribution >= 0.6 is 23.2 Å². The van der Waals surface area contributed by atoms with Crippen molar-refractivity contribution in [2.75, 3.05) is 0 Å². The van der Waals surface area contributed by atoms with Crippen molar-refractivity contribution in [3.63, 3.8) is 0 Å². The highest BCUT2D eigenvalue weighted by Crippen LogP contribution is 2.32. The van der Waals surface area contributed by atoms with Crippen molar-refractivity contribution in [1.82, 2.24) is 9.97 Å². The fourth-order valence-electron chi connectivity index (χ4n) is 3.15. The second kappa shape index (κ2) is 9.19. The molecule has 4 aromatic rings. The molecule has 0 atom stereocenters. The molecule has 5 heteroatoms. The molecule has 0 spiro atoms. The van der Waals surface area contributed by atoms with E-state index < -0.39 is 0 Å². The van der Waals surface area contributed by atoms with Gasteiger partial charge in [0.1, 0.15) is 6.33 Å². The maximum Gasteiger partial charge on any atom is 0.115 e. The van der Waals surface area contributed by atoms with E-state index in [1.54, 1.807) is 6.07 Å². The van der Waals surface area contributed by atoms with Crippen LogP contribution in [0.3, 0.4) is 0 Å². The number of hydrogen-bond acceptors (Lipinski definition) is 3. The molecule has 0 amide bonds. The number of ether oxygens (including phenoxy) is 1. The second-order valence-electron chi connectivity index (χ2n) is 6.60.